The van der Waals surface area contributed by atoms with Crippen LogP contribution in [0.3, 0.4) is 0 Å². The van der Waals surface area contributed by atoms with Crippen LogP contribution in [0.1, 0.15) is 62.7 Å². The van der Waals surface area contributed by atoms with Crippen LogP contribution in [-0.4, -0.2) is 48.2 Å². The molecule has 1 aliphatic heterocycles. The Morgan fingerprint density at radius 2 is 1.86 bits per heavy atom. The second-order valence-electron chi connectivity index (χ2n) is 8.44. The number of nitrogens with one attached hydrogen (secondary N) is 1. The van der Waals surface area contributed by atoms with Crippen LogP contribution in [0.5, 0.6) is 5.75 Å². The van der Waals surface area contributed by atoms with Gasteiger partial charge in [0.05, 0.1) is 24.4 Å². The van der Waals surface area contributed by atoms with Gasteiger partial charge >= 0.3 is 5.97 Å². The third kappa shape index (κ3) is 5.18. The molecular weight excluding hydrogens is 354 g/mol. The fourth-order valence-electron chi connectivity index (χ4n) is 4.41. The summed E-state index contributed by atoms with van der Waals surface area (Å²) in [5, 5.41) is 13.7. The van der Waals surface area contributed by atoms with Gasteiger partial charge < -0.3 is 20.1 Å². The maximum absolute atomic E-state index is 11.9. The molecule has 0 spiro atoms. The summed E-state index contributed by atoms with van der Waals surface area (Å²) >= 11 is 0. The number of phenolic OH excluding ortho intramolecular Hbond substituents is 1. The number of carbonyl (C=O) groups is 1. The fraction of sp³-hybridized carbons (Fsp3) is 0.636. The lowest BCUT2D eigenvalue weighted by molar-refractivity contribution is 0.0601. The smallest absolute Gasteiger partial charge is 0.337 e. The van der Waals surface area contributed by atoms with Gasteiger partial charge in [-0.25, -0.2) is 9.79 Å². The number of benzene rings is 1. The Kier molecular flexibility index (Phi) is 6.81. The van der Waals surface area contributed by atoms with Crippen molar-refractivity contribution in [2.24, 2.45) is 16.8 Å². The van der Waals surface area contributed by atoms with E-state index in [0.29, 0.717) is 29.1 Å². The SMILES string of the molecule is COC(=O)c1ccc(O)c(NC(=NC2CCCCC2)N2CC(C)CC(C)C2)c1. The summed E-state index contributed by atoms with van der Waals surface area (Å²) < 4.78 is 4.81. The molecule has 1 aliphatic carbocycles. The molecule has 0 bridgehead atoms. The van der Waals surface area contributed by atoms with Crippen molar-refractivity contribution in [2.75, 3.05) is 25.5 Å². The summed E-state index contributed by atoms with van der Waals surface area (Å²) in [7, 11) is 1.36. The van der Waals surface area contributed by atoms with Gasteiger partial charge in [-0.15, -0.1) is 0 Å². The summed E-state index contributed by atoms with van der Waals surface area (Å²) in [4.78, 5) is 19.3. The van der Waals surface area contributed by atoms with Crippen LogP contribution in [0.25, 0.3) is 0 Å². The van der Waals surface area contributed by atoms with Crippen molar-refractivity contribution in [3.63, 3.8) is 0 Å². The van der Waals surface area contributed by atoms with Gasteiger partial charge in [-0.1, -0.05) is 33.1 Å². The third-order valence-electron chi connectivity index (χ3n) is 5.71. The number of piperidine rings is 1. The number of ether oxygens (including phenoxy) is 1. The molecule has 2 fully saturated rings. The van der Waals surface area contributed by atoms with Crippen molar-refractivity contribution in [1.82, 2.24) is 4.90 Å². The van der Waals surface area contributed by atoms with Crippen LogP contribution in [0.4, 0.5) is 5.69 Å². The second kappa shape index (κ2) is 9.30. The number of hydrogen-bond donors (Lipinski definition) is 2. The Morgan fingerprint density at radius 3 is 2.50 bits per heavy atom. The summed E-state index contributed by atoms with van der Waals surface area (Å²) in [5.41, 5.74) is 0.892. The molecule has 2 aliphatic rings. The molecule has 0 aromatic heterocycles. The Bertz CT molecular complexity index is 703. The molecule has 0 radical (unpaired) electrons. The highest BCUT2D eigenvalue weighted by Gasteiger charge is 2.26. The molecule has 1 aromatic carbocycles. The molecule has 6 nitrogen and oxygen atoms in total. The van der Waals surface area contributed by atoms with Gasteiger partial charge in [-0.3, -0.25) is 0 Å². The van der Waals surface area contributed by atoms with E-state index in [4.69, 9.17) is 9.73 Å². The predicted octanol–water partition coefficient (Wildman–Crippen LogP) is 4.26. The van der Waals surface area contributed by atoms with Crippen molar-refractivity contribution in [3.05, 3.63) is 23.8 Å². The molecule has 28 heavy (non-hydrogen) atoms. The van der Waals surface area contributed by atoms with E-state index in [1.165, 1.54) is 38.9 Å². The van der Waals surface area contributed by atoms with Crippen LogP contribution >= 0.6 is 0 Å². The number of likely N-dealkylation sites (tertiary alicyclic amines) is 1. The maximum Gasteiger partial charge on any atom is 0.337 e. The van der Waals surface area contributed by atoms with Crippen LogP contribution in [0, 0.1) is 11.8 Å². The van der Waals surface area contributed by atoms with Gasteiger partial charge in [0.2, 0.25) is 0 Å². The number of phenols is 1. The van der Waals surface area contributed by atoms with E-state index >= 15 is 0 Å². The lowest BCUT2D eigenvalue weighted by Gasteiger charge is -2.38. The molecular formula is C22H33N3O3. The molecule has 0 amide bonds. The van der Waals surface area contributed by atoms with E-state index in [-0.39, 0.29) is 5.75 Å². The van der Waals surface area contributed by atoms with Crippen LogP contribution in [0.15, 0.2) is 23.2 Å². The van der Waals surface area contributed by atoms with Gasteiger partial charge in [0.25, 0.3) is 0 Å². The molecule has 154 valence electrons. The average molecular weight is 388 g/mol. The molecule has 2 N–H and O–H groups in total. The number of carbonyl (C=O) groups excluding carboxylic acids is 1. The van der Waals surface area contributed by atoms with E-state index in [9.17, 15) is 9.90 Å². The van der Waals surface area contributed by atoms with E-state index in [1.807, 2.05) is 0 Å². The Hall–Kier alpha value is -2.24. The molecule has 1 saturated heterocycles. The van der Waals surface area contributed by atoms with Crippen LogP contribution in [0.2, 0.25) is 0 Å². The minimum atomic E-state index is -0.422. The van der Waals surface area contributed by atoms with Crippen molar-refractivity contribution in [2.45, 2.75) is 58.4 Å². The summed E-state index contributed by atoms with van der Waals surface area (Å²) in [5.74, 6) is 1.67. The number of aromatic hydroxyl groups is 1. The number of aliphatic imine (C=N–C) groups is 1. The number of hydrogen-bond acceptors (Lipinski definition) is 4. The average Bonchev–Trinajstić information content (AvgIpc) is 2.68. The molecule has 2 atom stereocenters. The van der Waals surface area contributed by atoms with Crippen molar-refractivity contribution < 1.29 is 14.6 Å². The standard InChI is InChI=1S/C22H33N3O3/c1-15-11-16(2)14-25(13-15)22(23-18-7-5-4-6-8-18)24-19-12-17(21(27)28-3)9-10-20(19)26/h9-10,12,15-16,18,26H,4-8,11,13-14H2,1-3H3,(H,23,24). The first kappa shape index (κ1) is 20.5. The third-order valence-corrected chi connectivity index (χ3v) is 5.71. The van der Waals surface area contributed by atoms with Crippen molar-refractivity contribution in [3.8, 4) is 5.75 Å². The van der Waals surface area contributed by atoms with Gasteiger partial charge in [0.15, 0.2) is 5.96 Å². The van der Waals surface area contributed by atoms with Crippen molar-refractivity contribution in [1.29, 1.82) is 0 Å². The number of rotatable bonds is 3. The number of methoxy groups -OCH3 is 1. The molecule has 1 aromatic rings. The molecule has 3 rings (SSSR count). The number of nitrogens with zero attached hydrogens (tertiary/aromatic N) is 2. The second-order valence-corrected chi connectivity index (χ2v) is 8.44. The first-order valence-corrected chi connectivity index (χ1v) is 10.5. The minimum absolute atomic E-state index is 0.0992. The molecule has 1 heterocycles. The highest BCUT2D eigenvalue weighted by molar-refractivity contribution is 5.97. The number of guanidine groups is 1. The van der Waals surface area contributed by atoms with Gasteiger partial charge in [0, 0.05) is 13.1 Å². The Morgan fingerprint density at radius 1 is 1.18 bits per heavy atom. The van der Waals surface area contributed by atoms with E-state index in [0.717, 1.165) is 31.9 Å². The van der Waals surface area contributed by atoms with E-state index in [1.54, 1.807) is 12.1 Å². The zero-order valence-corrected chi connectivity index (χ0v) is 17.3. The molecule has 6 heteroatoms. The van der Waals surface area contributed by atoms with Crippen molar-refractivity contribution >= 4 is 17.6 Å². The normalized spacial score (nSPS) is 24.1. The van der Waals surface area contributed by atoms with Gasteiger partial charge in [0.1, 0.15) is 5.75 Å². The first-order valence-electron chi connectivity index (χ1n) is 10.5. The number of anilines is 1. The monoisotopic (exact) mass is 387 g/mol. The van der Waals surface area contributed by atoms with E-state index < -0.39 is 5.97 Å². The largest absolute Gasteiger partial charge is 0.506 e. The predicted molar refractivity (Wildman–Crippen MR) is 112 cm³/mol. The quantitative estimate of drug-likeness (QED) is 0.351. The topological polar surface area (TPSA) is 74.2 Å². The Labute approximate surface area is 168 Å². The summed E-state index contributed by atoms with van der Waals surface area (Å²) in [6.45, 7) is 6.44. The lowest BCUT2D eigenvalue weighted by atomic mass is 9.92. The zero-order chi connectivity index (χ0) is 20.1. The summed E-state index contributed by atoms with van der Waals surface area (Å²) in [6.07, 6.45) is 7.16. The lowest BCUT2D eigenvalue weighted by Crippen LogP contribution is -2.46. The maximum atomic E-state index is 11.9. The van der Waals surface area contributed by atoms with Crippen LogP contribution in [-0.2, 0) is 4.74 Å². The number of esters is 1. The zero-order valence-electron chi connectivity index (χ0n) is 17.3. The molecule has 2 unspecified atom stereocenters. The summed E-state index contributed by atoms with van der Waals surface area (Å²) in [6, 6.07) is 5.03. The molecule has 1 saturated carbocycles. The Balaban J connectivity index is 1.88. The first-order chi connectivity index (χ1) is 13.5. The van der Waals surface area contributed by atoms with Gasteiger partial charge in [-0.2, -0.15) is 0 Å². The highest BCUT2D eigenvalue weighted by Crippen LogP contribution is 2.28. The highest BCUT2D eigenvalue weighted by atomic mass is 16.5. The van der Waals surface area contributed by atoms with E-state index in [2.05, 4.69) is 24.1 Å². The van der Waals surface area contributed by atoms with Crippen LogP contribution < -0.4 is 5.32 Å². The minimum Gasteiger partial charge on any atom is -0.506 e. The fourth-order valence-corrected chi connectivity index (χ4v) is 4.41. The van der Waals surface area contributed by atoms with Gasteiger partial charge in [-0.05, 0) is 49.3 Å².